The fourth-order valence-electron chi connectivity index (χ4n) is 3.42. The van der Waals surface area contributed by atoms with Crippen LogP contribution in [0.3, 0.4) is 0 Å². The maximum absolute atomic E-state index is 10.3. The molecule has 2 aliphatic heterocycles. The van der Waals surface area contributed by atoms with E-state index in [4.69, 9.17) is 18.9 Å². The Morgan fingerprint density at radius 1 is 1.00 bits per heavy atom. The fraction of sp³-hybridized carbons (Fsp3) is 0.368. The Balaban J connectivity index is 1.55. The van der Waals surface area contributed by atoms with Crippen LogP contribution in [0.5, 0.6) is 28.7 Å². The molecule has 0 spiro atoms. The molecule has 2 heterocycles. The van der Waals surface area contributed by atoms with Crippen LogP contribution in [0, 0.1) is 0 Å². The quantitative estimate of drug-likeness (QED) is 0.921. The second-order valence-corrected chi connectivity index (χ2v) is 6.27. The molecule has 0 aliphatic carbocycles. The normalized spacial score (nSPS) is 15.8. The minimum atomic E-state index is 0.205. The largest absolute Gasteiger partial charge is 0.507 e. The molecule has 4 rings (SSSR count). The summed E-state index contributed by atoms with van der Waals surface area (Å²) >= 11 is 0. The number of phenols is 1. The minimum absolute atomic E-state index is 0.205. The van der Waals surface area contributed by atoms with Gasteiger partial charge in [0, 0.05) is 31.3 Å². The first kappa shape index (κ1) is 15.9. The molecule has 0 saturated heterocycles. The van der Waals surface area contributed by atoms with Crippen LogP contribution in [0.25, 0.3) is 0 Å². The molecule has 0 unspecified atom stereocenters. The first-order chi connectivity index (χ1) is 12.2. The van der Waals surface area contributed by atoms with Crippen molar-refractivity contribution in [3.8, 4) is 28.7 Å². The van der Waals surface area contributed by atoms with Gasteiger partial charge in [-0.05, 0) is 35.7 Å². The molecule has 6 nitrogen and oxygen atoms in total. The summed E-state index contributed by atoms with van der Waals surface area (Å²) in [6.45, 7) is 2.56. The third kappa shape index (κ3) is 2.93. The van der Waals surface area contributed by atoms with Crippen LogP contribution in [-0.4, -0.2) is 37.6 Å². The first-order valence-electron chi connectivity index (χ1n) is 8.25. The van der Waals surface area contributed by atoms with Gasteiger partial charge in [0.15, 0.2) is 23.0 Å². The van der Waals surface area contributed by atoms with Crippen LogP contribution in [0.2, 0.25) is 0 Å². The standard InChI is InChI=1S/C19H21NO5/c1-22-16-5-12-3-4-20(9-13(12)6-17(16)23-2)10-14-7-18-19(8-15(14)21)25-11-24-18/h5-8,21H,3-4,9-11H2,1-2H3. The van der Waals surface area contributed by atoms with E-state index >= 15 is 0 Å². The van der Waals surface area contributed by atoms with E-state index in [9.17, 15) is 5.11 Å². The monoisotopic (exact) mass is 343 g/mol. The van der Waals surface area contributed by atoms with E-state index in [0.29, 0.717) is 18.0 Å². The van der Waals surface area contributed by atoms with Gasteiger partial charge >= 0.3 is 0 Å². The van der Waals surface area contributed by atoms with Crippen LogP contribution in [0.15, 0.2) is 24.3 Å². The molecule has 0 aromatic heterocycles. The lowest BCUT2D eigenvalue weighted by Gasteiger charge is -2.29. The predicted molar refractivity (Wildman–Crippen MR) is 91.6 cm³/mol. The Kier molecular flexibility index (Phi) is 4.05. The molecule has 132 valence electrons. The lowest BCUT2D eigenvalue weighted by atomic mass is 9.98. The van der Waals surface area contributed by atoms with Crippen LogP contribution in [0.1, 0.15) is 16.7 Å². The summed E-state index contributed by atoms with van der Waals surface area (Å²) in [6.07, 6.45) is 0.932. The number of rotatable bonds is 4. The number of benzene rings is 2. The van der Waals surface area contributed by atoms with Crippen molar-refractivity contribution in [1.82, 2.24) is 4.90 Å². The second-order valence-electron chi connectivity index (χ2n) is 6.27. The van der Waals surface area contributed by atoms with Gasteiger partial charge in [0.25, 0.3) is 0 Å². The summed E-state index contributed by atoms with van der Waals surface area (Å²) in [4.78, 5) is 2.30. The van der Waals surface area contributed by atoms with E-state index in [1.165, 1.54) is 11.1 Å². The summed E-state index contributed by atoms with van der Waals surface area (Å²) in [5, 5.41) is 10.3. The lowest BCUT2D eigenvalue weighted by molar-refractivity contribution is 0.173. The second kappa shape index (κ2) is 6.37. The molecule has 2 aromatic carbocycles. The number of phenolic OH excluding ortho intramolecular Hbond substituents is 1. The molecule has 0 radical (unpaired) electrons. The van der Waals surface area contributed by atoms with Crippen molar-refractivity contribution in [1.29, 1.82) is 0 Å². The molecular weight excluding hydrogens is 322 g/mol. The predicted octanol–water partition coefficient (Wildman–Crippen LogP) is 2.70. The number of aromatic hydroxyl groups is 1. The number of fused-ring (bicyclic) bond motifs is 2. The zero-order valence-electron chi connectivity index (χ0n) is 14.4. The van der Waals surface area contributed by atoms with Crippen molar-refractivity contribution < 1.29 is 24.1 Å². The highest BCUT2D eigenvalue weighted by Crippen LogP contribution is 2.39. The van der Waals surface area contributed by atoms with Gasteiger partial charge < -0.3 is 24.1 Å². The molecule has 0 saturated carbocycles. The number of hydrogen-bond donors (Lipinski definition) is 1. The van der Waals surface area contributed by atoms with Gasteiger partial charge in [-0.2, -0.15) is 0 Å². The van der Waals surface area contributed by atoms with Gasteiger partial charge in [0.1, 0.15) is 5.75 Å². The molecule has 0 amide bonds. The van der Waals surface area contributed by atoms with Crippen molar-refractivity contribution in [2.45, 2.75) is 19.5 Å². The topological polar surface area (TPSA) is 60.4 Å². The molecule has 0 atom stereocenters. The van der Waals surface area contributed by atoms with Gasteiger partial charge in [-0.1, -0.05) is 0 Å². The zero-order valence-corrected chi connectivity index (χ0v) is 14.4. The highest BCUT2D eigenvalue weighted by Gasteiger charge is 2.22. The third-order valence-corrected chi connectivity index (χ3v) is 4.76. The van der Waals surface area contributed by atoms with Crippen LogP contribution in [-0.2, 0) is 19.5 Å². The average molecular weight is 343 g/mol. The Bertz CT molecular complexity index is 805. The molecule has 6 heteroatoms. The van der Waals surface area contributed by atoms with Crippen molar-refractivity contribution >= 4 is 0 Å². The molecule has 2 aliphatic rings. The fourth-order valence-corrected chi connectivity index (χ4v) is 3.42. The van der Waals surface area contributed by atoms with Crippen LogP contribution >= 0.6 is 0 Å². The average Bonchev–Trinajstić information content (AvgIpc) is 3.07. The van der Waals surface area contributed by atoms with Gasteiger partial charge in [0.05, 0.1) is 14.2 Å². The van der Waals surface area contributed by atoms with E-state index < -0.39 is 0 Å². The number of hydrogen-bond acceptors (Lipinski definition) is 6. The van der Waals surface area contributed by atoms with E-state index in [1.807, 2.05) is 12.1 Å². The Morgan fingerprint density at radius 3 is 2.40 bits per heavy atom. The zero-order chi connectivity index (χ0) is 17.4. The van der Waals surface area contributed by atoms with Crippen molar-refractivity contribution in [3.05, 3.63) is 41.0 Å². The molecule has 1 N–H and O–H groups in total. The summed E-state index contributed by atoms with van der Waals surface area (Å²) in [5.41, 5.74) is 3.35. The van der Waals surface area contributed by atoms with E-state index in [1.54, 1.807) is 20.3 Å². The molecular formula is C19H21NO5. The smallest absolute Gasteiger partial charge is 0.231 e. The number of nitrogens with zero attached hydrogens (tertiary/aromatic N) is 1. The Morgan fingerprint density at radius 2 is 1.68 bits per heavy atom. The van der Waals surface area contributed by atoms with Crippen LogP contribution < -0.4 is 18.9 Å². The van der Waals surface area contributed by atoms with Crippen molar-refractivity contribution in [2.24, 2.45) is 0 Å². The summed E-state index contributed by atoms with van der Waals surface area (Å²) in [7, 11) is 3.30. The summed E-state index contributed by atoms with van der Waals surface area (Å²) in [5.74, 6) is 3.04. The Labute approximate surface area is 146 Å². The van der Waals surface area contributed by atoms with E-state index in [0.717, 1.165) is 36.6 Å². The molecule has 0 fully saturated rings. The van der Waals surface area contributed by atoms with Gasteiger partial charge in [-0.3, -0.25) is 4.90 Å². The highest BCUT2D eigenvalue weighted by molar-refractivity contribution is 5.51. The van der Waals surface area contributed by atoms with Gasteiger partial charge in [-0.25, -0.2) is 0 Å². The highest BCUT2D eigenvalue weighted by atomic mass is 16.7. The molecule has 0 bridgehead atoms. The van der Waals surface area contributed by atoms with Gasteiger partial charge in [-0.15, -0.1) is 0 Å². The minimum Gasteiger partial charge on any atom is -0.507 e. The lowest BCUT2D eigenvalue weighted by Crippen LogP contribution is -2.30. The molecule has 25 heavy (non-hydrogen) atoms. The SMILES string of the molecule is COc1cc2c(cc1OC)CN(Cc1cc3c(cc1O)OCO3)CC2. The number of methoxy groups -OCH3 is 2. The number of ether oxygens (including phenoxy) is 4. The van der Waals surface area contributed by atoms with Crippen molar-refractivity contribution in [2.75, 3.05) is 27.6 Å². The molecule has 2 aromatic rings. The van der Waals surface area contributed by atoms with Crippen LogP contribution in [0.4, 0.5) is 0 Å². The summed E-state index contributed by atoms with van der Waals surface area (Å²) < 4.78 is 21.5. The third-order valence-electron chi connectivity index (χ3n) is 4.76. The maximum Gasteiger partial charge on any atom is 0.231 e. The van der Waals surface area contributed by atoms with E-state index in [2.05, 4.69) is 11.0 Å². The maximum atomic E-state index is 10.3. The first-order valence-corrected chi connectivity index (χ1v) is 8.25. The van der Waals surface area contributed by atoms with Gasteiger partial charge in [0.2, 0.25) is 6.79 Å². The summed E-state index contributed by atoms with van der Waals surface area (Å²) in [6, 6.07) is 7.59. The van der Waals surface area contributed by atoms with E-state index in [-0.39, 0.29) is 12.5 Å². The van der Waals surface area contributed by atoms with Crippen molar-refractivity contribution in [3.63, 3.8) is 0 Å². The Hall–Kier alpha value is -2.60.